The highest BCUT2D eigenvalue weighted by Crippen LogP contribution is 2.32. The Balaban J connectivity index is 2.06. The normalized spacial score (nSPS) is 17.4. The Kier molecular flexibility index (Phi) is 4.35. The summed E-state index contributed by atoms with van der Waals surface area (Å²) in [4.78, 5) is 8.93. The van der Waals surface area contributed by atoms with Gasteiger partial charge in [-0.1, -0.05) is 6.07 Å². The third kappa shape index (κ3) is 3.44. The van der Waals surface area contributed by atoms with Gasteiger partial charge in [0.2, 0.25) is 5.82 Å². The van der Waals surface area contributed by atoms with Gasteiger partial charge in [0.1, 0.15) is 0 Å². The van der Waals surface area contributed by atoms with Crippen molar-refractivity contribution >= 4 is 16.7 Å². The predicted molar refractivity (Wildman–Crippen MR) is 85.8 cm³/mol. The van der Waals surface area contributed by atoms with Crippen LogP contribution in [0.1, 0.15) is 17.0 Å². The third-order valence-electron chi connectivity index (χ3n) is 4.27. The molecule has 2 heterocycles. The summed E-state index contributed by atoms with van der Waals surface area (Å²) in [5.41, 5.74) is 5.10. The highest BCUT2D eigenvalue weighted by Gasteiger charge is 2.36. The lowest BCUT2D eigenvalue weighted by Gasteiger charge is -2.31. The number of nitrogens with one attached hydrogen (secondary N) is 2. The number of quaternary nitrogens is 1. The zero-order chi connectivity index (χ0) is 17.5. The minimum absolute atomic E-state index is 0.221. The van der Waals surface area contributed by atoms with E-state index in [0.717, 1.165) is 31.7 Å². The van der Waals surface area contributed by atoms with Crippen LogP contribution < -0.4 is 10.3 Å². The summed E-state index contributed by atoms with van der Waals surface area (Å²) in [6.45, 7) is 7.05. The minimum atomic E-state index is -4.58. The predicted octanol–water partition coefficient (Wildman–Crippen LogP) is 1.42. The van der Waals surface area contributed by atoms with E-state index in [9.17, 15) is 13.2 Å². The summed E-state index contributed by atoms with van der Waals surface area (Å²) in [5, 5.41) is 2.54. The molecule has 0 atom stereocenters. The van der Waals surface area contributed by atoms with Crippen molar-refractivity contribution in [3.05, 3.63) is 29.1 Å². The molecule has 0 bridgehead atoms. The summed E-state index contributed by atoms with van der Waals surface area (Å²) >= 11 is 0. The topological polar surface area (TPSA) is 45.5 Å². The van der Waals surface area contributed by atoms with E-state index in [1.165, 1.54) is 4.90 Å². The first-order chi connectivity index (χ1) is 11.2. The minimum Gasteiger partial charge on any atom is -0.335 e. The molecule has 130 valence electrons. The highest BCUT2D eigenvalue weighted by molar-refractivity contribution is 5.91. The van der Waals surface area contributed by atoms with Crippen LogP contribution in [0.25, 0.3) is 10.9 Å². The number of aryl methyl sites for hydroxylation is 2. The van der Waals surface area contributed by atoms with Crippen LogP contribution in [0.5, 0.6) is 0 Å². The molecule has 0 amide bonds. The molecule has 1 aromatic heterocycles. The smallest absolute Gasteiger partial charge is 0.335 e. The second-order valence-electron chi connectivity index (χ2n) is 6.43. The number of halogens is 3. The number of hydrogen-bond acceptors (Lipinski definition) is 4. The maximum Gasteiger partial charge on any atom is 0.451 e. The number of likely N-dealkylation sites (N-methyl/N-ethyl adjacent to an activating group) is 1. The second kappa shape index (κ2) is 6.18. The molecule has 2 aromatic rings. The van der Waals surface area contributed by atoms with Crippen LogP contribution in [-0.4, -0.2) is 48.2 Å². The fourth-order valence-electron chi connectivity index (χ4n) is 2.95. The van der Waals surface area contributed by atoms with E-state index in [0.29, 0.717) is 16.5 Å². The number of rotatable bonds is 2. The molecule has 0 radical (unpaired) electrons. The molecule has 3 rings (SSSR count). The van der Waals surface area contributed by atoms with Gasteiger partial charge in [-0.25, -0.2) is 15.0 Å². The van der Waals surface area contributed by atoms with Gasteiger partial charge < -0.3 is 10.3 Å². The van der Waals surface area contributed by atoms with E-state index in [2.05, 4.69) is 22.4 Å². The number of hydrazine groups is 1. The molecule has 0 spiro atoms. The van der Waals surface area contributed by atoms with Crippen molar-refractivity contribution < 1.29 is 18.1 Å². The van der Waals surface area contributed by atoms with E-state index in [4.69, 9.17) is 0 Å². The molecule has 0 aliphatic carbocycles. The first-order valence-corrected chi connectivity index (χ1v) is 7.93. The van der Waals surface area contributed by atoms with Gasteiger partial charge in [-0.05, 0) is 31.0 Å². The molecule has 1 aromatic carbocycles. The van der Waals surface area contributed by atoms with Gasteiger partial charge >= 0.3 is 6.18 Å². The van der Waals surface area contributed by atoms with Gasteiger partial charge in [0.25, 0.3) is 0 Å². The van der Waals surface area contributed by atoms with Crippen LogP contribution in [-0.2, 0) is 6.18 Å². The Bertz CT molecular complexity index is 751. The summed E-state index contributed by atoms with van der Waals surface area (Å²) in [6, 6.07) is 3.66. The maximum atomic E-state index is 13.2. The number of aromatic nitrogens is 2. The van der Waals surface area contributed by atoms with Crippen LogP contribution in [0.2, 0.25) is 0 Å². The molecule has 8 heteroatoms. The Morgan fingerprint density at radius 3 is 2.42 bits per heavy atom. The summed E-state index contributed by atoms with van der Waals surface area (Å²) in [5.74, 6) is -0.886. The maximum absolute atomic E-state index is 13.2. The first-order valence-electron chi connectivity index (χ1n) is 7.93. The fraction of sp³-hybridized carbons (Fsp3) is 0.500. The monoisotopic (exact) mass is 340 g/mol. The van der Waals surface area contributed by atoms with Crippen LogP contribution in [0.4, 0.5) is 19.0 Å². The molecule has 2 N–H and O–H groups in total. The van der Waals surface area contributed by atoms with E-state index in [1.807, 2.05) is 24.1 Å². The number of nitrogens with zero attached hydrogens (tertiary/aromatic N) is 3. The largest absolute Gasteiger partial charge is 0.451 e. The molecule has 1 saturated heterocycles. The fourth-order valence-corrected chi connectivity index (χ4v) is 2.95. The highest BCUT2D eigenvalue weighted by atomic mass is 19.4. The molecule has 0 saturated carbocycles. The van der Waals surface area contributed by atoms with Crippen molar-refractivity contribution in [2.75, 3.05) is 38.7 Å². The van der Waals surface area contributed by atoms with Gasteiger partial charge in [0, 0.05) is 5.39 Å². The van der Waals surface area contributed by atoms with Crippen molar-refractivity contribution in [2.45, 2.75) is 20.0 Å². The van der Waals surface area contributed by atoms with E-state index < -0.39 is 12.0 Å². The van der Waals surface area contributed by atoms with Gasteiger partial charge in [-0.2, -0.15) is 13.2 Å². The first kappa shape index (κ1) is 16.9. The number of hydrogen-bond donors (Lipinski definition) is 2. The molecule has 1 aliphatic rings. The van der Waals surface area contributed by atoms with E-state index in [1.54, 1.807) is 6.92 Å². The van der Waals surface area contributed by atoms with Crippen LogP contribution >= 0.6 is 0 Å². The molecular formula is C16H21F3N5+. The van der Waals surface area contributed by atoms with Crippen LogP contribution in [0.3, 0.4) is 0 Å². The van der Waals surface area contributed by atoms with Crippen LogP contribution in [0.15, 0.2) is 12.1 Å². The lowest BCUT2D eigenvalue weighted by atomic mass is 10.1. The van der Waals surface area contributed by atoms with Gasteiger partial charge in [-0.3, -0.25) is 0 Å². The SMILES string of the molecule is Cc1cc(C)c2nc(C(F)(F)F)nc(NN3CC[NH+](C)CC3)c2c1. The number of alkyl halides is 3. The number of anilines is 1. The van der Waals surface area contributed by atoms with E-state index in [-0.39, 0.29) is 5.82 Å². The molecule has 24 heavy (non-hydrogen) atoms. The lowest BCUT2D eigenvalue weighted by molar-refractivity contribution is -0.884. The van der Waals surface area contributed by atoms with Crippen molar-refractivity contribution in [1.29, 1.82) is 0 Å². The number of fused-ring (bicyclic) bond motifs is 1. The second-order valence-corrected chi connectivity index (χ2v) is 6.43. The Morgan fingerprint density at radius 1 is 1.12 bits per heavy atom. The van der Waals surface area contributed by atoms with Gasteiger partial charge in [-0.15, -0.1) is 0 Å². The summed E-state index contributed by atoms with van der Waals surface area (Å²) in [6.07, 6.45) is -4.58. The Morgan fingerprint density at radius 2 is 1.79 bits per heavy atom. The lowest BCUT2D eigenvalue weighted by Crippen LogP contribution is -3.12. The third-order valence-corrected chi connectivity index (χ3v) is 4.27. The van der Waals surface area contributed by atoms with Gasteiger partial charge in [0.05, 0.1) is 38.7 Å². The molecule has 5 nitrogen and oxygen atoms in total. The number of benzene rings is 1. The van der Waals surface area contributed by atoms with Crippen LogP contribution in [0, 0.1) is 13.8 Å². The molecule has 0 unspecified atom stereocenters. The van der Waals surface area contributed by atoms with Gasteiger partial charge in [0.15, 0.2) is 5.82 Å². The summed E-state index contributed by atoms with van der Waals surface area (Å²) < 4.78 is 39.5. The Hall–Kier alpha value is -1.93. The molecule has 1 aliphatic heterocycles. The standard InChI is InChI=1S/C16H20F3N5/c1-10-8-11(2)13-12(9-10)14(21-15(20-13)16(17,18)19)22-24-6-4-23(3)5-7-24/h8-9H,4-7H2,1-3H3,(H,20,21,22)/p+1. The van der Waals surface area contributed by atoms with E-state index >= 15 is 0 Å². The summed E-state index contributed by atoms with van der Waals surface area (Å²) in [7, 11) is 2.10. The van der Waals surface area contributed by atoms with Crippen molar-refractivity contribution in [3.8, 4) is 0 Å². The molecular weight excluding hydrogens is 319 g/mol. The van der Waals surface area contributed by atoms with Crippen molar-refractivity contribution in [2.24, 2.45) is 0 Å². The average Bonchev–Trinajstić information content (AvgIpc) is 2.49. The Labute approximate surface area is 138 Å². The quantitative estimate of drug-likeness (QED) is 0.868. The average molecular weight is 340 g/mol. The number of piperazine rings is 1. The molecule has 1 fully saturated rings. The van der Waals surface area contributed by atoms with Crippen molar-refractivity contribution in [3.63, 3.8) is 0 Å². The zero-order valence-corrected chi connectivity index (χ0v) is 14.0. The zero-order valence-electron chi connectivity index (χ0n) is 14.0. The van der Waals surface area contributed by atoms with Crippen molar-refractivity contribution in [1.82, 2.24) is 15.0 Å².